The van der Waals surface area contributed by atoms with Crippen LogP contribution in [-0.2, 0) is 9.59 Å². The first-order valence-electron chi connectivity index (χ1n) is 11.2. The molecule has 0 spiro atoms. The van der Waals surface area contributed by atoms with Crippen molar-refractivity contribution in [2.75, 3.05) is 16.8 Å². The minimum atomic E-state index is -0.600. The Morgan fingerprint density at radius 3 is 2.30 bits per heavy atom. The molecule has 2 aromatic carbocycles. The third-order valence-electron chi connectivity index (χ3n) is 5.79. The van der Waals surface area contributed by atoms with Gasteiger partial charge in [-0.2, -0.15) is 0 Å². The van der Waals surface area contributed by atoms with Gasteiger partial charge in [0, 0.05) is 17.3 Å². The molecular formula is C25H26ClN3O4. The number of carbonyl (C=O) groups excluding carboxylic acids is 3. The fourth-order valence-electron chi connectivity index (χ4n) is 4.07. The highest BCUT2D eigenvalue weighted by atomic mass is 35.5. The van der Waals surface area contributed by atoms with Crippen molar-refractivity contribution in [2.24, 2.45) is 0 Å². The lowest BCUT2D eigenvalue weighted by Crippen LogP contribution is -2.36. The number of rotatable bonds is 7. The Balaban J connectivity index is 1.43. The summed E-state index contributed by atoms with van der Waals surface area (Å²) in [5.74, 6) is -0.616. The molecule has 0 bridgehead atoms. The van der Waals surface area contributed by atoms with Crippen molar-refractivity contribution in [1.82, 2.24) is 5.32 Å². The normalized spacial score (nSPS) is 16.8. The quantitative estimate of drug-likeness (QED) is 0.582. The number of halogens is 1. The van der Waals surface area contributed by atoms with E-state index < -0.39 is 11.8 Å². The molecule has 2 aliphatic rings. The molecule has 0 atom stereocenters. The Morgan fingerprint density at radius 2 is 1.67 bits per heavy atom. The molecule has 1 saturated carbocycles. The second kappa shape index (κ2) is 10.1. The van der Waals surface area contributed by atoms with Crippen molar-refractivity contribution >= 4 is 40.7 Å². The van der Waals surface area contributed by atoms with E-state index in [-0.39, 0.29) is 22.7 Å². The van der Waals surface area contributed by atoms with Gasteiger partial charge in [-0.3, -0.25) is 14.4 Å². The van der Waals surface area contributed by atoms with E-state index in [0.29, 0.717) is 29.3 Å². The zero-order valence-electron chi connectivity index (χ0n) is 18.4. The van der Waals surface area contributed by atoms with E-state index in [9.17, 15) is 14.4 Å². The molecule has 4 rings (SSSR count). The molecule has 2 N–H and O–H groups in total. The van der Waals surface area contributed by atoms with Crippen LogP contribution in [-0.4, -0.2) is 30.4 Å². The molecule has 33 heavy (non-hydrogen) atoms. The Hall–Kier alpha value is -3.32. The molecule has 172 valence electrons. The van der Waals surface area contributed by atoms with E-state index in [0.717, 1.165) is 30.6 Å². The zero-order valence-corrected chi connectivity index (χ0v) is 19.2. The molecule has 0 aromatic heterocycles. The summed E-state index contributed by atoms with van der Waals surface area (Å²) in [6.45, 7) is 2.39. The van der Waals surface area contributed by atoms with Gasteiger partial charge in [-0.05, 0) is 68.3 Å². The van der Waals surface area contributed by atoms with Crippen LogP contribution in [0.25, 0.3) is 0 Å². The van der Waals surface area contributed by atoms with Gasteiger partial charge >= 0.3 is 0 Å². The molecule has 1 aliphatic carbocycles. The number of benzene rings is 2. The molecule has 0 radical (unpaired) electrons. The smallest absolute Gasteiger partial charge is 0.283 e. The Bertz CT molecular complexity index is 1070. The fraction of sp³-hybridized carbons (Fsp3) is 0.320. The van der Waals surface area contributed by atoms with E-state index in [2.05, 4.69) is 10.6 Å². The zero-order chi connectivity index (χ0) is 23.4. The van der Waals surface area contributed by atoms with Gasteiger partial charge < -0.3 is 15.4 Å². The third kappa shape index (κ3) is 5.03. The number of amides is 3. The summed E-state index contributed by atoms with van der Waals surface area (Å²) in [5, 5.41) is 5.82. The first-order valence-corrected chi connectivity index (χ1v) is 11.5. The minimum absolute atomic E-state index is 0.00467. The largest absolute Gasteiger partial charge is 0.494 e. The number of hydrogen-bond donors (Lipinski definition) is 2. The topological polar surface area (TPSA) is 87.7 Å². The molecule has 1 aliphatic heterocycles. The lowest BCUT2D eigenvalue weighted by atomic mass is 9.95. The van der Waals surface area contributed by atoms with Crippen molar-refractivity contribution in [1.29, 1.82) is 0 Å². The molecular weight excluding hydrogens is 442 g/mol. The maximum absolute atomic E-state index is 12.9. The Morgan fingerprint density at radius 1 is 1.00 bits per heavy atom. The second-order valence-corrected chi connectivity index (χ2v) is 8.45. The summed E-state index contributed by atoms with van der Waals surface area (Å²) in [7, 11) is 0. The number of ether oxygens (including phenoxy) is 1. The summed E-state index contributed by atoms with van der Waals surface area (Å²) in [6, 6.07) is 13.6. The Kier molecular flexibility index (Phi) is 6.99. The molecule has 0 saturated heterocycles. The van der Waals surface area contributed by atoms with Gasteiger partial charge in [-0.25, -0.2) is 4.90 Å². The van der Waals surface area contributed by atoms with Crippen LogP contribution in [0.1, 0.15) is 49.4 Å². The molecule has 8 heteroatoms. The molecule has 1 heterocycles. The first-order chi connectivity index (χ1) is 16.0. The summed E-state index contributed by atoms with van der Waals surface area (Å²) in [4.78, 5) is 39.1. The highest BCUT2D eigenvalue weighted by Gasteiger charge is 2.39. The summed E-state index contributed by atoms with van der Waals surface area (Å²) < 4.78 is 5.40. The maximum Gasteiger partial charge on any atom is 0.283 e. The molecule has 2 aromatic rings. The van der Waals surface area contributed by atoms with Crippen LogP contribution in [0.3, 0.4) is 0 Å². The van der Waals surface area contributed by atoms with Gasteiger partial charge in [0.15, 0.2) is 0 Å². The summed E-state index contributed by atoms with van der Waals surface area (Å²) in [5.41, 5.74) is 1.48. The van der Waals surface area contributed by atoms with Crippen molar-refractivity contribution in [3.8, 4) is 5.75 Å². The van der Waals surface area contributed by atoms with Crippen molar-refractivity contribution in [2.45, 2.75) is 45.1 Å². The van der Waals surface area contributed by atoms with Crippen molar-refractivity contribution < 1.29 is 19.1 Å². The number of hydrogen-bond acceptors (Lipinski definition) is 5. The highest BCUT2D eigenvalue weighted by molar-refractivity contribution is 6.53. The number of imide groups is 1. The second-order valence-electron chi connectivity index (χ2n) is 8.07. The maximum atomic E-state index is 12.9. The van der Waals surface area contributed by atoms with Crippen LogP contribution in [0.4, 0.5) is 11.4 Å². The third-order valence-corrected chi connectivity index (χ3v) is 6.14. The predicted octanol–water partition coefficient (Wildman–Crippen LogP) is 4.58. The lowest BCUT2D eigenvalue weighted by molar-refractivity contribution is -0.120. The summed E-state index contributed by atoms with van der Waals surface area (Å²) in [6.07, 6.45) is 5.54. The standard InChI is InChI=1S/C25H26ClN3O4/c1-2-33-20-14-12-19(13-15-20)29-24(31)21(26)22(25(29)32)27-18-10-8-16(9-11-18)23(30)28-17-6-4-3-5-7-17/h8-15,17,27H,2-7H2,1H3,(H,28,30). The van der Waals surface area contributed by atoms with Gasteiger partial charge in [-0.15, -0.1) is 0 Å². The van der Waals surface area contributed by atoms with Crippen LogP contribution in [0.2, 0.25) is 0 Å². The number of nitrogens with zero attached hydrogens (tertiary/aromatic N) is 1. The van der Waals surface area contributed by atoms with E-state index in [1.54, 1.807) is 48.5 Å². The Labute approximate surface area is 197 Å². The molecule has 0 unspecified atom stereocenters. The van der Waals surface area contributed by atoms with Crippen molar-refractivity contribution in [3.63, 3.8) is 0 Å². The lowest BCUT2D eigenvalue weighted by Gasteiger charge is -2.22. The van der Waals surface area contributed by atoms with Gasteiger partial charge in [0.05, 0.1) is 12.3 Å². The SMILES string of the molecule is CCOc1ccc(N2C(=O)C(Cl)=C(Nc3ccc(C(=O)NC4CCCCC4)cc3)C2=O)cc1. The van der Waals surface area contributed by atoms with Crippen molar-refractivity contribution in [3.05, 3.63) is 64.8 Å². The average molecular weight is 468 g/mol. The fourth-order valence-corrected chi connectivity index (χ4v) is 4.28. The van der Waals surface area contributed by atoms with Crippen LogP contribution >= 0.6 is 11.6 Å². The van der Waals surface area contributed by atoms with E-state index >= 15 is 0 Å². The number of anilines is 2. The van der Waals surface area contributed by atoms with Crippen LogP contribution in [0.15, 0.2) is 59.3 Å². The predicted molar refractivity (Wildman–Crippen MR) is 127 cm³/mol. The van der Waals surface area contributed by atoms with E-state index in [1.165, 1.54) is 6.42 Å². The number of nitrogens with one attached hydrogen (secondary N) is 2. The van der Waals surface area contributed by atoms with Gasteiger partial charge in [0.2, 0.25) is 0 Å². The molecule has 7 nitrogen and oxygen atoms in total. The van der Waals surface area contributed by atoms with Crippen LogP contribution in [0, 0.1) is 0 Å². The van der Waals surface area contributed by atoms with E-state index in [1.807, 2.05) is 6.92 Å². The van der Waals surface area contributed by atoms with Gasteiger partial charge in [0.1, 0.15) is 16.5 Å². The number of carbonyl (C=O) groups is 3. The summed E-state index contributed by atoms with van der Waals surface area (Å²) >= 11 is 6.21. The van der Waals surface area contributed by atoms with Gasteiger partial charge in [0.25, 0.3) is 17.7 Å². The average Bonchev–Trinajstić information content (AvgIpc) is 3.04. The van der Waals surface area contributed by atoms with Gasteiger partial charge in [-0.1, -0.05) is 30.9 Å². The highest BCUT2D eigenvalue weighted by Crippen LogP contribution is 2.31. The monoisotopic (exact) mass is 467 g/mol. The first kappa shape index (κ1) is 22.9. The minimum Gasteiger partial charge on any atom is -0.494 e. The van der Waals surface area contributed by atoms with Crippen LogP contribution < -0.4 is 20.3 Å². The molecule has 3 amide bonds. The van der Waals surface area contributed by atoms with E-state index in [4.69, 9.17) is 16.3 Å². The van der Waals surface area contributed by atoms with Crippen LogP contribution in [0.5, 0.6) is 5.75 Å². The molecule has 1 fully saturated rings.